The lowest BCUT2D eigenvalue weighted by Gasteiger charge is -2.42. The first-order valence-corrected chi connectivity index (χ1v) is 12.9. The van der Waals surface area contributed by atoms with Gasteiger partial charge in [0.05, 0.1) is 11.4 Å². The summed E-state index contributed by atoms with van der Waals surface area (Å²) in [6.45, 7) is 15.4. The van der Waals surface area contributed by atoms with Gasteiger partial charge in [-0.05, 0) is 72.8 Å². The van der Waals surface area contributed by atoms with Crippen LogP contribution in [0.3, 0.4) is 0 Å². The quantitative estimate of drug-likeness (QED) is 0.429. The van der Waals surface area contributed by atoms with Crippen molar-refractivity contribution in [1.82, 2.24) is 0 Å². The fourth-order valence-corrected chi connectivity index (χ4v) is 5.83. The molecule has 32 heavy (non-hydrogen) atoms. The average Bonchev–Trinajstić information content (AvgIpc) is 3.12. The molecule has 0 fully saturated rings. The number of rotatable bonds is 7. The normalized spacial score (nSPS) is 23.2. The molecule has 0 aromatic heterocycles. The van der Waals surface area contributed by atoms with E-state index in [1.165, 1.54) is 47.4 Å². The molecule has 2 heteroatoms. The van der Waals surface area contributed by atoms with Crippen LogP contribution in [0.15, 0.2) is 71.0 Å². The molecule has 2 aliphatic carbocycles. The smallest absolute Gasteiger partial charge is 0.106 e. The maximum atomic E-state index is 2.74. The summed E-state index contributed by atoms with van der Waals surface area (Å²) in [7, 11) is 0. The third-order valence-corrected chi connectivity index (χ3v) is 7.41. The number of nitrogens with zero attached hydrogens (tertiary/aromatic N) is 2. The third-order valence-electron chi connectivity index (χ3n) is 7.41. The Balaban J connectivity index is 1.90. The van der Waals surface area contributed by atoms with Crippen molar-refractivity contribution in [2.75, 3.05) is 16.3 Å². The van der Waals surface area contributed by atoms with Gasteiger partial charge in [-0.3, -0.25) is 0 Å². The minimum Gasteiger partial charge on any atom is -0.349 e. The van der Waals surface area contributed by atoms with Crippen molar-refractivity contribution in [3.05, 3.63) is 71.0 Å². The Morgan fingerprint density at radius 1 is 1.00 bits per heavy atom. The molecule has 3 aliphatic rings. The Bertz CT molecular complexity index is 943. The van der Waals surface area contributed by atoms with Gasteiger partial charge in [0.1, 0.15) is 6.17 Å². The molecule has 2 atom stereocenters. The summed E-state index contributed by atoms with van der Waals surface area (Å²) in [5.74, 6) is 1.63. The van der Waals surface area contributed by atoms with Crippen molar-refractivity contribution >= 4 is 11.4 Å². The number of benzene rings is 1. The molecular weight excluding hydrogens is 388 g/mol. The first kappa shape index (κ1) is 23.0. The van der Waals surface area contributed by atoms with E-state index in [1.807, 2.05) is 0 Å². The van der Waals surface area contributed by atoms with E-state index in [1.54, 1.807) is 5.70 Å². The SMILES string of the molecule is CCCN1c2ccccc2N(C2=C(C(C)C)C=C(C3=CCCC=C3)CC2C(C)C)C1CC. The average molecular weight is 431 g/mol. The standard InChI is InChI=1S/C30H42N2/c1-7-18-31-27-16-12-13-17-28(27)32(29(31)8-2)30-25(21(3)4)19-24(20-26(30)22(5)6)23-14-10-9-11-15-23/h10,12-17,19,21-22,26,29H,7-9,11,18,20H2,1-6H3. The van der Waals surface area contributed by atoms with Crippen molar-refractivity contribution in [3.63, 3.8) is 0 Å². The lowest BCUT2D eigenvalue weighted by Crippen LogP contribution is -2.45. The van der Waals surface area contributed by atoms with E-state index in [9.17, 15) is 0 Å². The zero-order chi connectivity index (χ0) is 22.8. The fraction of sp³-hybridized carbons (Fsp3) is 0.533. The number of hydrogen-bond acceptors (Lipinski definition) is 2. The zero-order valence-electron chi connectivity index (χ0n) is 21.1. The van der Waals surface area contributed by atoms with E-state index in [-0.39, 0.29) is 0 Å². The van der Waals surface area contributed by atoms with Gasteiger partial charge in [0.15, 0.2) is 0 Å². The van der Waals surface area contributed by atoms with Gasteiger partial charge in [0, 0.05) is 18.2 Å². The highest BCUT2D eigenvalue weighted by Gasteiger charge is 2.41. The molecule has 0 spiro atoms. The van der Waals surface area contributed by atoms with Crippen molar-refractivity contribution in [1.29, 1.82) is 0 Å². The first-order valence-electron chi connectivity index (χ1n) is 12.9. The Morgan fingerprint density at radius 2 is 1.75 bits per heavy atom. The van der Waals surface area contributed by atoms with E-state index in [0.29, 0.717) is 23.9 Å². The summed E-state index contributed by atoms with van der Waals surface area (Å²) in [5, 5.41) is 0. The van der Waals surface area contributed by atoms with Crippen molar-refractivity contribution in [3.8, 4) is 0 Å². The Kier molecular flexibility index (Phi) is 6.98. The van der Waals surface area contributed by atoms with Crippen LogP contribution in [0.2, 0.25) is 0 Å². The van der Waals surface area contributed by atoms with Crippen LogP contribution in [0.4, 0.5) is 11.4 Å². The molecule has 4 rings (SSSR count). The van der Waals surface area contributed by atoms with Crippen LogP contribution in [-0.4, -0.2) is 12.7 Å². The Morgan fingerprint density at radius 3 is 2.34 bits per heavy atom. The predicted octanol–water partition coefficient (Wildman–Crippen LogP) is 8.25. The maximum Gasteiger partial charge on any atom is 0.106 e. The molecule has 2 nitrogen and oxygen atoms in total. The minimum atomic E-state index is 0.404. The second-order valence-corrected chi connectivity index (χ2v) is 10.3. The number of anilines is 2. The van der Waals surface area contributed by atoms with Crippen LogP contribution in [0.25, 0.3) is 0 Å². The molecule has 1 heterocycles. The molecule has 172 valence electrons. The molecule has 1 aliphatic heterocycles. The van der Waals surface area contributed by atoms with Crippen molar-refractivity contribution < 1.29 is 0 Å². The molecule has 1 aromatic rings. The highest BCUT2D eigenvalue weighted by atomic mass is 15.4. The Hall–Kier alpha value is -2.22. The molecule has 1 aromatic carbocycles. The van der Waals surface area contributed by atoms with Crippen LogP contribution < -0.4 is 9.80 Å². The monoisotopic (exact) mass is 430 g/mol. The topological polar surface area (TPSA) is 6.48 Å². The molecule has 0 N–H and O–H groups in total. The van der Waals surface area contributed by atoms with Crippen molar-refractivity contribution in [2.45, 2.75) is 79.8 Å². The molecule has 0 amide bonds. The molecule has 0 saturated heterocycles. The second kappa shape index (κ2) is 9.73. The number of fused-ring (bicyclic) bond motifs is 1. The van der Waals surface area contributed by atoms with E-state index < -0.39 is 0 Å². The van der Waals surface area contributed by atoms with E-state index in [0.717, 1.165) is 19.4 Å². The third kappa shape index (κ3) is 4.09. The summed E-state index contributed by atoms with van der Waals surface area (Å²) < 4.78 is 0. The first-order chi connectivity index (χ1) is 15.5. The van der Waals surface area contributed by atoms with Crippen LogP contribution >= 0.6 is 0 Å². The van der Waals surface area contributed by atoms with Gasteiger partial charge in [-0.2, -0.15) is 0 Å². The van der Waals surface area contributed by atoms with E-state index in [2.05, 4.69) is 99.9 Å². The largest absolute Gasteiger partial charge is 0.349 e. The highest BCUT2D eigenvalue weighted by Crippen LogP contribution is 2.49. The van der Waals surface area contributed by atoms with E-state index in [4.69, 9.17) is 0 Å². The Labute approximate surface area is 196 Å². The predicted molar refractivity (Wildman–Crippen MR) is 140 cm³/mol. The molecule has 0 radical (unpaired) electrons. The number of para-hydroxylation sites is 2. The maximum absolute atomic E-state index is 2.74. The second-order valence-electron chi connectivity index (χ2n) is 10.3. The fourth-order valence-electron chi connectivity index (χ4n) is 5.83. The summed E-state index contributed by atoms with van der Waals surface area (Å²) in [5.41, 5.74) is 8.93. The molecule has 2 unspecified atom stereocenters. The summed E-state index contributed by atoms with van der Waals surface area (Å²) >= 11 is 0. The van der Waals surface area contributed by atoms with Crippen LogP contribution in [0.5, 0.6) is 0 Å². The van der Waals surface area contributed by atoms with Gasteiger partial charge in [-0.15, -0.1) is 0 Å². The number of hydrogen-bond donors (Lipinski definition) is 0. The van der Waals surface area contributed by atoms with Crippen LogP contribution in [0.1, 0.15) is 73.6 Å². The van der Waals surface area contributed by atoms with E-state index >= 15 is 0 Å². The van der Waals surface area contributed by atoms with Gasteiger partial charge in [0.25, 0.3) is 0 Å². The minimum absolute atomic E-state index is 0.404. The summed E-state index contributed by atoms with van der Waals surface area (Å²) in [6.07, 6.45) is 15.9. The lowest BCUT2D eigenvalue weighted by atomic mass is 9.75. The van der Waals surface area contributed by atoms with Gasteiger partial charge in [-0.25, -0.2) is 0 Å². The molecule has 0 bridgehead atoms. The molecular formula is C30H42N2. The van der Waals surface area contributed by atoms with Crippen molar-refractivity contribution in [2.24, 2.45) is 17.8 Å². The van der Waals surface area contributed by atoms with Crippen LogP contribution in [-0.2, 0) is 0 Å². The zero-order valence-corrected chi connectivity index (χ0v) is 21.1. The summed E-state index contributed by atoms with van der Waals surface area (Å²) in [4.78, 5) is 5.40. The summed E-state index contributed by atoms with van der Waals surface area (Å²) in [6, 6.07) is 9.10. The lowest BCUT2D eigenvalue weighted by molar-refractivity contribution is 0.405. The molecule has 0 saturated carbocycles. The van der Waals surface area contributed by atoms with Gasteiger partial charge in [0.2, 0.25) is 0 Å². The number of allylic oxidation sites excluding steroid dienone is 8. The van der Waals surface area contributed by atoms with Gasteiger partial charge in [-0.1, -0.05) is 78.0 Å². The van der Waals surface area contributed by atoms with Gasteiger partial charge >= 0.3 is 0 Å². The van der Waals surface area contributed by atoms with Crippen LogP contribution in [0, 0.1) is 17.8 Å². The highest BCUT2D eigenvalue weighted by molar-refractivity contribution is 5.80. The van der Waals surface area contributed by atoms with Gasteiger partial charge < -0.3 is 9.80 Å².